The van der Waals surface area contributed by atoms with Crippen molar-refractivity contribution in [1.29, 1.82) is 0 Å². The molecule has 0 bridgehead atoms. The van der Waals surface area contributed by atoms with Gasteiger partial charge in [0.2, 0.25) is 0 Å². The van der Waals surface area contributed by atoms with Crippen molar-refractivity contribution in [2.45, 2.75) is 39.2 Å². The van der Waals surface area contributed by atoms with Gasteiger partial charge in [-0.05, 0) is 45.4 Å². The second kappa shape index (κ2) is 6.52. The van der Waals surface area contributed by atoms with Gasteiger partial charge in [-0.3, -0.25) is 4.98 Å². The molecule has 1 unspecified atom stereocenters. The van der Waals surface area contributed by atoms with Crippen LogP contribution in [0.5, 0.6) is 0 Å². The van der Waals surface area contributed by atoms with Crippen molar-refractivity contribution in [2.75, 3.05) is 13.1 Å². The summed E-state index contributed by atoms with van der Waals surface area (Å²) in [6, 6.07) is 3.90. The second-order valence-electron chi connectivity index (χ2n) is 5.55. The van der Waals surface area contributed by atoms with Crippen molar-refractivity contribution in [3.05, 3.63) is 29.6 Å². The number of amides is 1. The number of hydrogen-bond acceptors (Lipinski definition) is 4. The van der Waals surface area contributed by atoms with Gasteiger partial charge in [0.05, 0.1) is 0 Å². The van der Waals surface area contributed by atoms with Crippen molar-refractivity contribution in [2.24, 2.45) is 5.73 Å². The topological polar surface area (TPSA) is 77.2 Å². The first-order chi connectivity index (χ1) is 8.81. The van der Waals surface area contributed by atoms with Gasteiger partial charge in [0, 0.05) is 30.9 Å². The number of aromatic nitrogens is 1. The number of nitrogens with one attached hydrogen (secondary N) is 1. The third-order valence-electron chi connectivity index (χ3n) is 2.57. The molecule has 1 aromatic rings. The molecule has 1 amide bonds. The summed E-state index contributed by atoms with van der Waals surface area (Å²) < 4.78 is 5.19. The Balaban J connectivity index is 2.56. The molecule has 0 fully saturated rings. The summed E-state index contributed by atoms with van der Waals surface area (Å²) in [4.78, 5) is 15.7. The van der Waals surface area contributed by atoms with E-state index in [1.165, 1.54) is 0 Å². The maximum Gasteiger partial charge on any atom is 0.407 e. The number of nitrogens with zero attached hydrogens (tertiary/aromatic N) is 1. The zero-order valence-electron chi connectivity index (χ0n) is 12.1. The van der Waals surface area contributed by atoms with E-state index in [0.29, 0.717) is 13.1 Å². The minimum Gasteiger partial charge on any atom is -0.444 e. The fourth-order valence-corrected chi connectivity index (χ4v) is 1.68. The fraction of sp³-hybridized carbons (Fsp3) is 0.571. The lowest BCUT2D eigenvalue weighted by Crippen LogP contribution is -2.36. The highest BCUT2D eigenvalue weighted by molar-refractivity contribution is 5.67. The number of carbonyl (C=O) groups excluding carboxylic acids is 1. The Morgan fingerprint density at radius 1 is 1.53 bits per heavy atom. The molecule has 0 spiro atoms. The highest BCUT2D eigenvalue weighted by Gasteiger charge is 2.17. The molecule has 0 aromatic carbocycles. The van der Waals surface area contributed by atoms with E-state index in [4.69, 9.17) is 10.5 Å². The Labute approximate surface area is 114 Å². The van der Waals surface area contributed by atoms with E-state index in [9.17, 15) is 4.79 Å². The smallest absolute Gasteiger partial charge is 0.407 e. The van der Waals surface area contributed by atoms with Crippen LogP contribution in [0.1, 0.15) is 37.9 Å². The second-order valence-corrected chi connectivity index (χ2v) is 5.55. The Morgan fingerprint density at radius 3 is 2.74 bits per heavy atom. The van der Waals surface area contributed by atoms with E-state index in [1.54, 1.807) is 6.20 Å². The fourth-order valence-electron chi connectivity index (χ4n) is 1.68. The maximum absolute atomic E-state index is 11.6. The van der Waals surface area contributed by atoms with E-state index in [2.05, 4.69) is 10.3 Å². The van der Waals surface area contributed by atoms with Crippen LogP contribution >= 0.6 is 0 Å². The average Bonchev–Trinajstić information content (AvgIpc) is 2.27. The zero-order valence-corrected chi connectivity index (χ0v) is 12.1. The van der Waals surface area contributed by atoms with Crippen LogP contribution in [0.4, 0.5) is 4.79 Å². The molecule has 1 aromatic heterocycles. The van der Waals surface area contributed by atoms with Gasteiger partial charge >= 0.3 is 6.09 Å². The van der Waals surface area contributed by atoms with Gasteiger partial charge in [0.1, 0.15) is 5.60 Å². The molecule has 5 heteroatoms. The predicted molar refractivity (Wildman–Crippen MR) is 75.0 cm³/mol. The number of hydrogen-bond donors (Lipinski definition) is 2. The van der Waals surface area contributed by atoms with E-state index in [-0.39, 0.29) is 5.92 Å². The van der Waals surface area contributed by atoms with Crippen LogP contribution in [-0.4, -0.2) is 29.8 Å². The first kappa shape index (κ1) is 15.4. The lowest BCUT2D eigenvalue weighted by atomic mass is 10.00. The maximum atomic E-state index is 11.6. The Morgan fingerprint density at radius 2 is 2.21 bits per heavy atom. The summed E-state index contributed by atoms with van der Waals surface area (Å²) in [5, 5.41) is 2.75. The lowest BCUT2D eigenvalue weighted by Gasteiger charge is -2.21. The Bertz CT molecular complexity index is 427. The zero-order chi connectivity index (χ0) is 14.5. The number of aryl methyl sites for hydroxylation is 1. The minimum atomic E-state index is -0.491. The summed E-state index contributed by atoms with van der Waals surface area (Å²) in [6.45, 7) is 8.34. The van der Waals surface area contributed by atoms with Crippen LogP contribution in [0.3, 0.4) is 0 Å². The highest BCUT2D eigenvalue weighted by atomic mass is 16.6. The molecule has 0 aliphatic carbocycles. The third kappa shape index (κ3) is 5.70. The van der Waals surface area contributed by atoms with Crippen LogP contribution in [0.2, 0.25) is 0 Å². The van der Waals surface area contributed by atoms with Gasteiger partial charge in [-0.1, -0.05) is 0 Å². The highest BCUT2D eigenvalue weighted by Crippen LogP contribution is 2.14. The van der Waals surface area contributed by atoms with Crippen LogP contribution in [0, 0.1) is 6.92 Å². The van der Waals surface area contributed by atoms with Crippen molar-refractivity contribution in [1.82, 2.24) is 10.3 Å². The van der Waals surface area contributed by atoms with E-state index >= 15 is 0 Å². The standard InChI is InChI=1S/C14H23N3O2/c1-10-7-11(5-6-16-10)12(8-15)9-17-13(18)19-14(2,3)4/h5-7,12H,8-9,15H2,1-4H3,(H,17,18). The number of pyridine rings is 1. The SMILES string of the molecule is Cc1cc(C(CN)CNC(=O)OC(C)(C)C)ccn1. The van der Waals surface area contributed by atoms with Crippen molar-refractivity contribution < 1.29 is 9.53 Å². The van der Waals surface area contributed by atoms with Gasteiger partial charge in [-0.15, -0.1) is 0 Å². The summed E-state index contributed by atoms with van der Waals surface area (Å²) >= 11 is 0. The first-order valence-corrected chi connectivity index (χ1v) is 6.41. The first-order valence-electron chi connectivity index (χ1n) is 6.41. The number of carbonyl (C=O) groups is 1. The van der Waals surface area contributed by atoms with Crippen LogP contribution in [0.25, 0.3) is 0 Å². The molecule has 0 saturated heterocycles. The molecule has 1 heterocycles. The van der Waals surface area contributed by atoms with Gasteiger partial charge in [-0.25, -0.2) is 4.79 Å². The molecule has 0 aliphatic heterocycles. The molecule has 106 valence electrons. The predicted octanol–water partition coefficient (Wildman–Crippen LogP) is 1.96. The van der Waals surface area contributed by atoms with E-state index in [1.807, 2.05) is 39.8 Å². The van der Waals surface area contributed by atoms with Crippen molar-refractivity contribution in [3.8, 4) is 0 Å². The van der Waals surface area contributed by atoms with Crippen LogP contribution in [-0.2, 0) is 4.74 Å². The largest absolute Gasteiger partial charge is 0.444 e. The number of rotatable bonds is 4. The molecular weight excluding hydrogens is 242 g/mol. The van der Waals surface area contributed by atoms with Gasteiger partial charge in [0.15, 0.2) is 0 Å². The van der Waals surface area contributed by atoms with E-state index < -0.39 is 11.7 Å². The van der Waals surface area contributed by atoms with Crippen molar-refractivity contribution in [3.63, 3.8) is 0 Å². The molecule has 0 radical (unpaired) electrons. The molecule has 1 atom stereocenters. The summed E-state index contributed by atoms with van der Waals surface area (Å²) in [5.41, 5.74) is 7.28. The lowest BCUT2D eigenvalue weighted by molar-refractivity contribution is 0.0525. The Hall–Kier alpha value is -1.62. The number of alkyl carbamates (subject to hydrolysis) is 1. The molecule has 1 rings (SSSR count). The monoisotopic (exact) mass is 265 g/mol. The van der Waals surface area contributed by atoms with Crippen LogP contribution in [0.15, 0.2) is 18.3 Å². The van der Waals surface area contributed by atoms with Crippen molar-refractivity contribution >= 4 is 6.09 Å². The van der Waals surface area contributed by atoms with Gasteiger partial charge < -0.3 is 15.8 Å². The van der Waals surface area contributed by atoms with Gasteiger partial charge in [-0.2, -0.15) is 0 Å². The molecule has 0 aliphatic rings. The summed E-state index contributed by atoms with van der Waals surface area (Å²) in [5.74, 6) is 0.0641. The summed E-state index contributed by atoms with van der Waals surface area (Å²) in [6.07, 6.45) is 1.33. The van der Waals surface area contributed by atoms with E-state index in [0.717, 1.165) is 11.3 Å². The molecule has 3 N–H and O–H groups in total. The molecule has 0 saturated carbocycles. The van der Waals surface area contributed by atoms with Gasteiger partial charge in [0.25, 0.3) is 0 Å². The molecule has 19 heavy (non-hydrogen) atoms. The third-order valence-corrected chi connectivity index (χ3v) is 2.57. The molecular formula is C14H23N3O2. The minimum absolute atomic E-state index is 0.0641. The molecule has 5 nitrogen and oxygen atoms in total. The Kier molecular flexibility index (Phi) is 5.30. The number of ether oxygens (including phenoxy) is 1. The normalized spacial score (nSPS) is 12.9. The van der Waals surface area contributed by atoms with Crippen LogP contribution < -0.4 is 11.1 Å². The number of nitrogens with two attached hydrogens (primary N) is 1. The summed E-state index contributed by atoms with van der Waals surface area (Å²) in [7, 11) is 0. The quantitative estimate of drug-likeness (QED) is 0.872. The average molecular weight is 265 g/mol.